The fourth-order valence-electron chi connectivity index (χ4n) is 1.13. The maximum atomic E-state index is 11.5. The Labute approximate surface area is 82.7 Å². The van der Waals surface area contributed by atoms with Gasteiger partial charge in [0.05, 0.1) is 0 Å². The number of carbonyl (C=O) groups excluding carboxylic acids is 3. The van der Waals surface area contributed by atoms with Crippen molar-refractivity contribution in [3.05, 3.63) is 0 Å². The van der Waals surface area contributed by atoms with Crippen LogP contribution in [-0.4, -0.2) is 29.8 Å². The first kappa shape index (κ1) is 8.98. The molecule has 1 fully saturated rings. The molecule has 4 N–H and O–H groups in total. The van der Waals surface area contributed by atoms with E-state index < -0.39 is 23.9 Å². The van der Waals surface area contributed by atoms with Gasteiger partial charge < -0.3 is 16.4 Å². The molecule has 0 aromatic heterocycles. The summed E-state index contributed by atoms with van der Waals surface area (Å²) in [4.78, 5) is 33.1. The summed E-state index contributed by atoms with van der Waals surface area (Å²) in [5, 5.41) is 2.99. The number of amides is 3. The van der Waals surface area contributed by atoms with Crippen LogP contribution in [0.1, 0.15) is 19.8 Å². The quantitative estimate of drug-likeness (QED) is 0.503. The minimum Gasteiger partial charge on any atom is -0.368 e. The van der Waals surface area contributed by atoms with Crippen LogP contribution in [0.4, 0.5) is 0 Å². The third-order valence-corrected chi connectivity index (χ3v) is 2.02. The molecule has 1 heterocycles. The predicted molar refractivity (Wildman–Crippen MR) is 48.0 cm³/mol. The van der Waals surface area contributed by atoms with Gasteiger partial charge in [-0.25, -0.2) is 0 Å². The van der Waals surface area contributed by atoms with E-state index in [9.17, 15) is 14.4 Å². The highest BCUT2D eigenvalue weighted by Gasteiger charge is 2.28. The lowest BCUT2D eigenvalue weighted by molar-refractivity contribution is -0.129. The van der Waals surface area contributed by atoms with E-state index in [0.717, 1.165) is 0 Å². The van der Waals surface area contributed by atoms with Crippen LogP contribution in [0.2, 0.25) is 1.41 Å². The number of rotatable bonds is 3. The molecule has 1 aliphatic heterocycles. The number of nitrogens with two attached hydrogens (primary N) is 1. The van der Waals surface area contributed by atoms with Crippen molar-refractivity contribution in [1.29, 1.82) is 0 Å². The molecule has 1 aliphatic rings. The van der Waals surface area contributed by atoms with E-state index in [0.29, 0.717) is 11.7 Å². The monoisotopic (exact) mass is 200 g/mol. The molecular weight excluding hydrogens is 186 g/mol. The molecule has 0 radical (unpaired) electrons. The lowest BCUT2D eigenvalue weighted by Gasteiger charge is -2.14. The molecular formula is C8H13N3O3. The van der Waals surface area contributed by atoms with Crippen molar-refractivity contribution in [3.8, 4) is 0 Å². The second-order valence-electron chi connectivity index (χ2n) is 3.21. The Hall–Kier alpha value is -1.59. The first-order chi connectivity index (χ1) is 6.93. The number of hydrogen-bond acceptors (Lipinski definition) is 3. The normalized spacial score (nSPS) is 24.4. The highest BCUT2D eigenvalue weighted by atomic mass is 16.2. The first-order valence-electron chi connectivity index (χ1n) is 4.79. The fraction of sp³-hybridized carbons (Fsp3) is 0.625. The van der Waals surface area contributed by atoms with Crippen LogP contribution in [0, 0.1) is 0 Å². The summed E-state index contributed by atoms with van der Waals surface area (Å²) in [6, 6.07) is -1.60. The SMILES string of the molecule is [2H]N1C(=O)CC[C@H]1C(=O)N[C@@H](C)C(N)=O. The average Bonchev–Trinajstić information content (AvgIpc) is 2.47. The molecule has 2 atom stereocenters. The summed E-state index contributed by atoms with van der Waals surface area (Å²) < 4.78 is 7.28. The zero-order valence-corrected chi connectivity index (χ0v) is 7.82. The van der Waals surface area contributed by atoms with Crippen molar-refractivity contribution < 1.29 is 15.8 Å². The first-order valence-corrected chi connectivity index (χ1v) is 4.34. The third-order valence-electron chi connectivity index (χ3n) is 2.02. The second kappa shape index (κ2) is 4.08. The minimum absolute atomic E-state index is 0.187. The van der Waals surface area contributed by atoms with Crippen LogP contribution in [0.15, 0.2) is 0 Å². The Kier molecular flexibility index (Phi) is 2.62. The second-order valence-corrected chi connectivity index (χ2v) is 3.21. The maximum Gasteiger partial charge on any atom is 0.243 e. The summed E-state index contributed by atoms with van der Waals surface area (Å²) in [6.07, 6.45) is 0.492. The summed E-state index contributed by atoms with van der Waals surface area (Å²) in [6.45, 7) is 1.45. The van der Waals surface area contributed by atoms with Gasteiger partial charge in [0.2, 0.25) is 17.7 Å². The molecule has 0 aromatic carbocycles. The van der Waals surface area contributed by atoms with Crippen LogP contribution < -0.4 is 16.4 Å². The number of carbonyl (C=O) groups is 3. The number of nitrogens with one attached hydrogen (secondary N) is 2. The van der Waals surface area contributed by atoms with Gasteiger partial charge in [0.25, 0.3) is 0 Å². The van der Waals surface area contributed by atoms with Crippen molar-refractivity contribution in [2.24, 2.45) is 5.73 Å². The summed E-state index contributed by atoms with van der Waals surface area (Å²) in [5.41, 5.74) is 4.96. The Morgan fingerprint density at radius 1 is 1.79 bits per heavy atom. The molecule has 0 aromatic rings. The van der Waals surface area contributed by atoms with E-state index in [1.165, 1.54) is 6.92 Å². The Bertz CT molecular complexity index is 308. The van der Waals surface area contributed by atoms with E-state index in [-0.39, 0.29) is 12.3 Å². The van der Waals surface area contributed by atoms with Crippen molar-refractivity contribution in [2.75, 3.05) is 0 Å². The number of primary amides is 1. The van der Waals surface area contributed by atoms with Gasteiger partial charge in [0, 0.05) is 6.42 Å². The molecule has 0 saturated carbocycles. The molecule has 0 spiro atoms. The molecule has 78 valence electrons. The van der Waals surface area contributed by atoms with E-state index in [2.05, 4.69) is 5.32 Å². The van der Waals surface area contributed by atoms with Gasteiger partial charge in [-0.15, -0.1) is 0 Å². The molecule has 3 amide bonds. The van der Waals surface area contributed by atoms with E-state index in [1.807, 2.05) is 0 Å². The van der Waals surface area contributed by atoms with Gasteiger partial charge in [-0.3, -0.25) is 14.4 Å². The molecule has 0 bridgehead atoms. The lowest BCUT2D eigenvalue weighted by Crippen LogP contribution is -2.49. The maximum absolute atomic E-state index is 11.5. The third kappa shape index (κ3) is 2.45. The van der Waals surface area contributed by atoms with Crippen LogP contribution >= 0.6 is 0 Å². The van der Waals surface area contributed by atoms with Gasteiger partial charge in [0.1, 0.15) is 12.1 Å². The molecule has 14 heavy (non-hydrogen) atoms. The van der Waals surface area contributed by atoms with Gasteiger partial charge in [0.15, 0.2) is 1.41 Å². The summed E-state index contributed by atoms with van der Waals surface area (Å²) in [5.74, 6) is -1.55. The van der Waals surface area contributed by atoms with Crippen LogP contribution in [0.3, 0.4) is 0 Å². The van der Waals surface area contributed by atoms with Crippen LogP contribution in [0.5, 0.6) is 0 Å². The molecule has 0 aliphatic carbocycles. The van der Waals surface area contributed by atoms with Gasteiger partial charge in [-0.2, -0.15) is 0 Å². The molecule has 0 unspecified atom stereocenters. The van der Waals surface area contributed by atoms with Gasteiger partial charge in [-0.1, -0.05) is 0 Å². The summed E-state index contributed by atoms with van der Waals surface area (Å²) in [7, 11) is 0. The Morgan fingerprint density at radius 3 is 2.86 bits per heavy atom. The Balaban J connectivity index is 2.55. The summed E-state index contributed by atoms with van der Waals surface area (Å²) >= 11 is 0. The smallest absolute Gasteiger partial charge is 0.243 e. The Morgan fingerprint density at radius 2 is 2.43 bits per heavy atom. The zero-order chi connectivity index (χ0) is 11.6. The largest absolute Gasteiger partial charge is 0.368 e. The van der Waals surface area contributed by atoms with Crippen LogP contribution in [0.25, 0.3) is 0 Å². The average molecular weight is 200 g/mol. The van der Waals surface area contributed by atoms with Crippen molar-refractivity contribution in [3.63, 3.8) is 0 Å². The zero-order valence-electron chi connectivity index (χ0n) is 8.82. The standard InChI is InChI=1S/C8H13N3O3/c1-4(7(9)13)10-8(14)5-2-3-6(12)11-5/h4-5H,2-3H2,1H3,(H2,9,13)(H,10,14)(H,11,12)/t4-,5-/m0/s1/i/hD. The van der Waals surface area contributed by atoms with Crippen LogP contribution in [-0.2, 0) is 14.4 Å². The minimum atomic E-state index is -0.806. The van der Waals surface area contributed by atoms with Gasteiger partial charge >= 0.3 is 0 Å². The highest BCUT2D eigenvalue weighted by molar-refractivity contribution is 5.93. The van der Waals surface area contributed by atoms with Crippen molar-refractivity contribution in [2.45, 2.75) is 31.8 Å². The van der Waals surface area contributed by atoms with Crippen molar-refractivity contribution >= 4 is 17.7 Å². The predicted octanol–water partition coefficient (Wildman–Crippen LogP) is -1.74. The van der Waals surface area contributed by atoms with E-state index >= 15 is 0 Å². The fourth-order valence-corrected chi connectivity index (χ4v) is 1.13. The lowest BCUT2D eigenvalue weighted by atomic mass is 10.2. The molecule has 6 nitrogen and oxygen atoms in total. The number of hydrogen-bond donors (Lipinski definition) is 3. The highest BCUT2D eigenvalue weighted by Crippen LogP contribution is 2.06. The molecule has 6 heteroatoms. The van der Waals surface area contributed by atoms with Crippen molar-refractivity contribution in [1.82, 2.24) is 10.6 Å². The van der Waals surface area contributed by atoms with Gasteiger partial charge in [-0.05, 0) is 13.3 Å². The topological polar surface area (TPSA) is 101 Å². The van der Waals surface area contributed by atoms with E-state index in [1.54, 1.807) is 0 Å². The molecule has 1 saturated heterocycles. The van der Waals surface area contributed by atoms with E-state index in [4.69, 9.17) is 7.15 Å². The molecule has 1 rings (SSSR count).